The SMILES string of the molecule is CC(C)(Br)C(=O)NC(c1ccc(F)cc1)C(C)(C)C. The number of nitrogens with one attached hydrogen (secondary N) is 1. The Labute approximate surface area is 122 Å². The summed E-state index contributed by atoms with van der Waals surface area (Å²) >= 11 is 3.35. The van der Waals surface area contributed by atoms with E-state index in [1.165, 1.54) is 12.1 Å². The van der Waals surface area contributed by atoms with Crippen molar-refractivity contribution >= 4 is 21.8 Å². The largest absolute Gasteiger partial charge is 0.348 e. The fourth-order valence-electron chi connectivity index (χ4n) is 1.76. The summed E-state index contributed by atoms with van der Waals surface area (Å²) < 4.78 is 12.4. The van der Waals surface area contributed by atoms with E-state index in [0.29, 0.717) is 0 Å². The second kappa shape index (κ2) is 5.61. The zero-order valence-electron chi connectivity index (χ0n) is 12.1. The van der Waals surface area contributed by atoms with Gasteiger partial charge in [0.15, 0.2) is 0 Å². The molecule has 1 amide bonds. The van der Waals surface area contributed by atoms with Crippen LogP contribution in [0.3, 0.4) is 0 Å². The van der Waals surface area contributed by atoms with Crippen LogP contribution >= 0.6 is 15.9 Å². The first kappa shape index (κ1) is 16.2. The average molecular weight is 330 g/mol. The fraction of sp³-hybridized carbons (Fsp3) is 0.533. The summed E-state index contributed by atoms with van der Waals surface area (Å²) in [5, 5.41) is 3.02. The van der Waals surface area contributed by atoms with Crippen molar-refractivity contribution in [1.29, 1.82) is 0 Å². The smallest absolute Gasteiger partial charge is 0.236 e. The zero-order valence-corrected chi connectivity index (χ0v) is 13.6. The summed E-state index contributed by atoms with van der Waals surface area (Å²) in [6.45, 7) is 9.73. The lowest BCUT2D eigenvalue weighted by molar-refractivity contribution is -0.124. The molecule has 106 valence electrons. The number of benzene rings is 1. The Kier molecular flexibility index (Phi) is 4.77. The highest BCUT2D eigenvalue weighted by Gasteiger charge is 2.32. The highest BCUT2D eigenvalue weighted by Crippen LogP contribution is 2.33. The van der Waals surface area contributed by atoms with E-state index in [1.807, 2.05) is 20.8 Å². The van der Waals surface area contributed by atoms with Gasteiger partial charge in [0.2, 0.25) is 5.91 Å². The van der Waals surface area contributed by atoms with Gasteiger partial charge in [0.25, 0.3) is 0 Å². The van der Waals surface area contributed by atoms with Crippen molar-refractivity contribution in [3.05, 3.63) is 35.6 Å². The Balaban J connectivity index is 3.04. The van der Waals surface area contributed by atoms with Gasteiger partial charge in [-0.05, 0) is 37.0 Å². The summed E-state index contributed by atoms with van der Waals surface area (Å²) in [7, 11) is 0. The van der Waals surface area contributed by atoms with Crippen LogP contribution in [0.2, 0.25) is 0 Å². The zero-order chi connectivity index (χ0) is 14.8. The summed E-state index contributed by atoms with van der Waals surface area (Å²) in [4.78, 5) is 12.1. The maximum atomic E-state index is 13.0. The number of hydrogen-bond donors (Lipinski definition) is 1. The maximum Gasteiger partial charge on any atom is 0.236 e. The van der Waals surface area contributed by atoms with E-state index in [9.17, 15) is 9.18 Å². The van der Waals surface area contributed by atoms with E-state index in [1.54, 1.807) is 26.0 Å². The second-order valence-corrected chi connectivity index (χ2v) is 8.28. The Morgan fingerprint density at radius 1 is 1.16 bits per heavy atom. The third kappa shape index (κ3) is 4.60. The summed E-state index contributed by atoms with van der Waals surface area (Å²) in [6, 6.07) is 6.09. The van der Waals surface area contributed by atoms with E-state index in [0.717, 1.165) is 5.56 Å². The van der Waals surface area contributed by atoms with E-state index < -0.39 is 4.32 Å². The Hall–Kier alpha value is -0.900. The van der Waals surface area contributed by atoms with Crippen molar-refractivity contribution in [2.75, 3.05) is 0 Å². The molecule has 0 spiro atoms. The van der Waals surface area contributed by atoms with Gasteiger partial charge in [-0.15, -0.1) is 0 Å². The van der Waals surface area contributed by atoms with Gasteiger partial charge < -0.3 is 5.32 Å². The van der Waals surface area contributed by atoms with Gasteiger partial charge in [-0.1, -0.05) is 48.8 Å². The van der Waals surface area contributed by atoms with Crippen LogP contribution in [0, 0.1) is 11.2 Å². The molecule has 1 atom stereocenters. The first-order valence-corrected chi connectivity index (χ1v) is 7.06. The molecular formula is C15H21BrFNO. The van der Waals surface area contributed by atoms with Crippen molar-refractivity contribution in [2.45, 2.75) is 45.0 Å². The minimum absolute atomic E-state index is 0.0863. The van der Waals surface area contributed by atoms with Gasteiger partial charge in [-0.2, -0.15) is 0 Å². The highest BCUT2D eigenvalue weighted by atomic mass is 79.9. The third-order valence-corrected chi connectivity index (χ3v) is 3.24. The fourth-order valence-corrected chi connectivity index (χ4v) is 1.87. The number of halogens is 2. The van der Waals surface area contributed by atoms with Crippen LogP contribution in [0.15, 0.2) is 24.3 Å². The monoisotopic (exact) mass is 329 g/mol. The van der Waals surface area contributed by atoms with E-state index in [4.69, 9.17) is 0 Å². The summed E-state index contributed by atoms with van der Waals surface area (Å²) in [5.41, 5.74) is 0.741. The normalized spacial score (nSPS) is 14.1. The average Bonchev–Trinajstić information content (AvgIpc) is 2.24. The molecule has 0 saturated carbocycles. The number of amides is 1. The topological polar surface area (TPSA) is 29.1 Å². The first-order chi connectivity index (χ1) is 8.51. The van der Waals surface area contributed by atoms with Crippen LogP contribution in [-0.2, 0) is 4.79 Å². The van der Waals surface area contributed by atoms with Crippen molar-refractivity contribution in [1.82, 2.24) is 5.32 Å². The van der Waals surface area contributed by atoms with Crippen LogP contribution in [0.25, 0.3) is 0 Å². The molecule has 1 unspecified atom stereocenters. The van der Waals surface area contributed by atoms with Gasteiger partial charge in [-0.25, -0.2) is 4.39 Å². The number of carbonyl (C=O) groups excluding carboxylic acids is 1. The minimum atomic E-state index is -0.628. The molecule has 0 aliphatic carbocycles. The standard InChI is InChI=1S/C15H21BrFNO/c1-14(2,3)12(18-13(19)15(4,5)16)10-6-8-11(17)9-7-10/h6-9,12H,1-5H3,(H,18,19). The van der Waals surface area contributed by atoms with Crippen LogP contribution in [-0.4, -0.2) is 10.2 Å². The minimum Gasteiger partial charge on any atom is -0.348 e. The first-order valence-electron chi connectivity index (χ1n) is 6.27. The molecule has 0 aromatic heterocycles. The van der Waals surface area contributed by atoms with Gasteiger partial charge in [0.1, 0.15) is 5.82 Å². The van der Waals surface area contributed by atoms with Crippen LogP contribution in [0.5, 0.6) is 0 Å². The van der Waals surface area contributed by atoms with Gasteiger partial charge >= 0.3 is 0 Å². The molecule has 0 bridgehead atoms. The Morgan fingerprint density at radius 2 is 1.63 bits per heavy atom. The molecule has 0 heterocycles. The van der Waals surface area contributed by atoms with Crippen LogP contribution in [0.4, 0.5) is 4.39 Å². The lowest BCUT2D eigenvalue weighted by atomic mass is 9.82. The van der Waals surface area contributed by atoms with Crippen LogP contribution in [0.1, 0.15) is 46.2 Å². The molecule has 1 aromatic rings. The molecule has 1 rings (SSSR count). The van der Waals surface area contributed by atoms with Crippen molar-refractivity contribution < 1.29 is 9.18 Å². The van der Waals surface area contributed by atoms with E-state index >= 15 is 0 Å². The number of carbonyl (C=O) groups is 1. The highest BCUT2D eigenvalue weighted by molar-refractivity contribution is 9.10. The lowest BCUT2D eigenvalue weighted by Crippen LogP contribution is -2.43. The molecular weight excluding hydrogens is 309 g/mol. The molecule has 4 heteroatoms. The van der Waals surface area contributed by atoms with Crippen molar-refractivity contribution in [2.24, 2.45) is 5.41 Å². The van der Waals surface area contributed by atoms with E-state index in [2.05, 4.69) is 21.2 Å². The third-order valence-electron chi connectivity index (χ3n) is 2.88. The molecule has 0 aliphatic heterocycles. The van der Waals surface area contributed by atoms with Crippen molar-refractivity contribution in [3.63, 3.8) is 0 Å². The van der Waals surface area contributed by atoms with Crippen molar-refractivity contribution in [3.8, 4) is 0 Å². The molecule has 0 radical (unpaired) electrons. The molecule has 0 fully saturated rings. The maximum absolute atomic E-state index is 13.0. The Morgan fingerprint density at radius 3 is 2.00 bits per heavy atom. The van der Waals surface area contributed by atoms with Crippen LogP contribution < -0.4 is 5.32 Å². The lowest BCUT2D eigenvalue weighted by Gasteiger charge is -2.33. The van der Waals surface area contributed by atoms with Gasteiger partial charge in [-0.3, -0.25) is 4.79 Å². The predicted molar refractivity (Wildman–Crippen MR) is 79.7 cm³/mol. The van der Waals surface area contributed by atoms with Gasteiger partial charge in [0, 0.05) is 0 Å². The molecule has 19 heavy (non-hydrogen) atoms. The predicted octanol–water partition coefficient (Wildman–Crippen LogP) is 4.20. The summed E-state index contributed by atoms with van der Waals surface area (Å²) in [6.07, 6.45) is 0. The number of alkyl halides is 1. The molecule has 2 nitrogen and oxygen atoms in total. The van der Waals surface area contributed by atoms with E-state index in [-0.39, 0.29) is 23.2 Å². The molecule has 0 saturated heterocycles. The number of hydrogen-bond acceptors (Lipinski definition) is 1. The summed E-state index contributed by atoms with van der Waals surface area (Å²) in [5.74, 6) is -0.361. The number of rotatable bonds is 3. The quantitative estimate of drug-likeness (QED) is 0.827. The molecule has 1 aromatic carbocycles. The van der Waals surface area contributed by atoms with Gasteiger partial charge in [0.05, 0.1) is 10.4 Å². The second-order valence-electron chi connectivity index (χ2n) is 6.30. The molecule has 0 aliphatic rings. The molecule has 1 N–H and O–H groups in total. The Bertz CT molecular complexity index is 443.